The molecule has 0 saturated heterocycles. The second-order valence-electron chi connectivity index (χ2n) is 7.43. The van der Waals surface area contributed by atoms with Gasteiger partial charge in [-0.1, -0.05) is 19.9 Å². The first kappa shape index (κ1) is 13.0. The molecule has 0 amide bonds. The molecule has 1 fully saturated rings. The molecule has 104 valence electrons. The van der Waals surface area contributed by atoms with Gasteiger partial charge in [0.15, 0.2) is 0 Å². The summed E-state index contributed by atoms with van der Waals surface area (Å²) in [7, 11) is 4.43. The average molecular weight is 259 g/mol. The van der Waals surface area contributed by atoms with E-state index in [2.05, 4.69) is 38.9 Å². The number of rotatable bonds is 1. The van der Waals surface area contributed by atoms with Gasteiger partial charge in [-0.05, 0) is 73.9 Å². The second-order valence-corrected chi connectivity index (χ2v) is 7.43. The zero-order chi connectivity index (χ0) is 13.8. The van der Waals surface area contributed by atoms with Gasteiger partial charge >= 0.3 is 0 Å². The van der Waals surface area contributed by atoms with E-state index in [-0.39, 0.29) is 5.41 Å². The molecule has 2 heteroatoms. The van der Waals surface area contributed by atoms with Gasteiger partial charge in [-0.2, -0.15) is 0 Å². The lowest BCUT2D eigenvalue weighted by atomic mass is 9.52. The van der Waals surface area contributed by atoms with E-state index in [4.69, 9.17) is 0 Å². The summed E-state index contributed by atoms with van der Waals surface area (Å²) in [4.78, 5) is 2.41. The highest BCUT2D eigenvalue weighted by atomic mass is 16.3. The SMILES string of the molecule is CN(C)[C@@H]1CC[C@]2(C)C[C@@]1(C)Cc1ccc(O)cc12. The maximum Gasteiger partial charge on any atom is 0.115 e. The van der Waals surface area contributed by atoms with E-state index < -0.39 is 0 Å². The number of benzene rings is 1. The van der Waals surface area contributed by atoms with Crippen LogP contribution < -0.4 is 0 Å². The van der Waals surface area contributed by atoms with Crippen LogP contribution in [0.3, 0.4) is 0 Å². The molecule has 0 unspecified atom stereocenters. The number of nitrogens with zero attached hydrogens (tertiary/aromatic N) is 1. The predicted octanol–water partition coefficient (Wildman–Crippen LogP) is 3.33. The van der Waals surface area contributed by atoms with Gasteiger partial charge in [0.1, 0.15) is 5.75 Å². The molecule has 1 aromatic rings. The number of hydrogen-bond acceptors (Lipinski definition) is 2. The molecular formula is C17H25NO. The molecule has 0 aromatic heterocycles. The van der Waals surface area contributed by atoms with Crippen molar-refractivity contribution in [2.24, 2.45) is 5.41 Å². The van der Waals surface area contributed by atoms with Crippen LogP contribution in [-0.4, -0.2) is 30.1 Å². The monoisotopic (exact) mass is 259 g/mol. The number of fused-ring (bicyclic) bond motifs is 4. The van der Waals surface area contributed by atoms with Gasteiger partial charge in [0.05, 0.1) is 0 Å². The molecule has 2 nitrogen and oxygen atoms in total. The minimum Gasteiger partial charge on any atom is -0.508 e. The van der Waals surface area contributed by atoms with Crippen LogP contribution >= 0.6 is 0 Å². The molecule has 2 aliphatic carbocycles. The van der Waals surface area contributed by atoms with Crippen molar-refractivity contribution in [1.29, 1.82) is 0 Å². The Morgan fingerprint density at radius 1 is 1.26 bits per heavy atom. The Labute approximate surface area is 116 Å². The van der Waals surface area contributed by atoms with Gasteiger partial charge in [-0.3, -0.25) is 0 Å². The van der Waals surface area contributed by atoms with Gasteiger partial charge in [0.2, 0.25) is 0 Å². The van der Waals surface area contributed by atoms with Crippen LogP contribution in [0.15, 0.2) is 18.2 Å². The van der Waals surface area contributed by atoms with E-state index >= 15 is 0 Å². The molecule has 3 rings (SSSR count). The zero-order valence-electron chi connectivity index (χ0n) is 12.5. The van der Waals surface area contributed by atoms with Crippen LogP contribution in [0.2, 0.25) is 0 Å². The number of phenolic OH excluding ortho intramolecular Hbond substituents is 1. The van der Waals surface area contributed by atoms with Crippen molar-refractivity contribution in [1.82, 2.24) is 4.90 Å². The third-order valence-corrected chi connectivity index (χ3v) is 5.53. The number of hydrogen-bond donors (Lipinski definition) is 1. The van der Waals surface area contributed by atoms with E-state index in [1.54, 1.807) is 0 Å². The lowest BCUT2D eigenvalue weighted by Gasteiger charge is -2.56. The van der Waals surface area contributed by atoms with Gasteiger partial charge in [-0.15, -0.1) is 0 Å². The van der Waals surface area contributed by atoms with E-state index in [9.17, 15) is 5.11 Å². The van der Waals surface area contributed by atoms with E-state index in [0.29, 0.717) is 17.2 Å². The standard InChI is InChI=1S/C17H25NO/c1-16-8-7-15(18(3)4)17(2,11-16)10-12-5-6-13(19)9-14(12)16/h5-6,9,15,19H,7-8,10-11H2,1-4H3/t15-,16-,17-/m1/s1. The molecule has 2 bridgehead atoms. The molecule has 0 aliphatic heterocycles. The number of phenols is 1. The molecule has 0 spiro atoms. The van der Waals surface area contributed by atoms with Crippen molar-refractivity contribution in [3.8, 4) is 5.75 Å². The predicted molar refractivity (Wildman–Crippen MR) is 78.6 cm³/mol. The van der Waals surface area contributed by atoms with Gasteiger partial charge in [-0.25, -0.2) is 0 Å². The summed E-state index contributed by atoms with van der Waals surface area (Å²) in [5.41, 5.74) is 3.44. The van der Waals surface area contributed by atoms with Crippen molar-refractivity contribution in [3.63, 3.8) is 0 Å². The Morgan fingerprint density at radius 3 is 2.68 bits per heavy atom. The quantitative estimate of drug-likeness (QED) is 0.836. The molecule has 1 saturated carbocycles. The molecule has 3 atom stereocenters. The smallest absolute Gasteiger partial charge is 0.115 e. The minimum atomic E-state index is 0.244. The van der Waals surface area contributed by atoms with Crippen LogP contribution in [0, 0.1) is 5.41 Å². The van der Waals surface area contributed by atoms with Crippen LogP contribution in [0.25, 0.3) is 0 Å². The largest absolute Gasteiger partial charge is 0.508 e. The third-order valence-electron chi connectivity index (χ3n) is 5.53. The fourth-order valence-electron chi connectivity index (χ4n) is 4.91. The van der Waals surface area contributed by atoms with Crippen LogP contribution in [0.4, 0.5) is 0 Å². The van der Waals surface area contributed by atoms with Crippen molar-refractivity contribution in [2.45, 2.75) is 51.0 Å². The molecule has 1 aromatic carbocycles. The summed E-state index contributed by atoms with van der Waals surface area (Å²) < 4.78 is 0. The first-order chi connectivity index (χ1) is 8.84. The minimum absolute atomic E-state index is 0.244. The van der Waals surface area contributed by atoms with Crippen molar-refractivity contribution in [3.05, 3.63) is 29.3 Å². The molecule has 2 aliphatic rings. The molecular weight excluding hydrogens is 234 g/mol. The highest BCUT2D eigenvalue weighted by molar-refractivity contribution is 5.44. The summed E-state index contributed by atoms with van der Waals surface area (Å²) in [5.74, 6) is 0.415. The molecule has 19 heavy (non-hydrogen) atoms. The molecule has 0 heterocycles. The summed E-state index contributed by atoms with van der Waals surface area (Å²) in [6.45, 7) is 4.83. The summed E-state index contributed by atoms with van der Waals surface area (Å²) in [5, 5.41) is 9.80. The zero-order valence-corrected chi connectivity index (χ0v) is 12.5. The average Bonchev–Trinajstić information content (AvgIpc) is 2.29. The maximum absolute atomic E-state index is 9.80. The van der Waals surface area contributed by atoms with Crippen LogP contribution in [-0.2, 0) is 11.8 Å². The molecule has 0 radical (unpaired) electrons. The lowest BCUT2D eigenvalue weighted by Crippen LogP contribution is -2.54. The highest BCUT2D eigenvalue weighted by Crippen LogP contribution is 2.55. The fraction of sp³-hybridized carbons (Fsp3) is 0.647. The first-order valence-corrected chi connectivity index (χ1v) is 7.33. The summed E-state index contributed by atoms with van der Waals surface area (Å²) >= 11 is 0. The Bertz CT molecular complexity index is 510. The maximum atomic E-state index is 9.80. The first-order valence-electron chi connectivity index (χ1n) is 7.33. The normalized spacial score (nSPS) is 37.2. The van der Waals surface area contributed by atoms with Gasteiger partial charge < -0.3 is 10.0 Å². The second kappa shape index (κ2) is 3.99. The Morgan fingerprint density at radius 2 is 2.00 bits per heavy atom. The topological polar surface area (TPSA) is 23.5 Å². The number of aromatic hydroxyl groups is 1. The summed E-state index contributed by atoms with van der Waals surface area (Å²) in [6, 6.07) is 6.66. The van der Waals surface area contributed by atoms with E-state index in [0.717, 1.165) is 6.42 Å². The molecule has 1 N–H and O–H groups in total. The van der Waals surface area contributed by atoms with E-state index in [1.165, 1.54) is 30.4 Å². The third kappa shape index (κ3) is 1.88. The Balaban J connectivity index is 2.09. The van der Waals surface area contributed by atoms with Crippen molar-refractivity contribution < 1.29 is 5.11 Å². The van der Waals surface area contributed by atoms with Crippen molar-refractivity contribution >= 4 is 0 Å². The Kier molecular flexibility index (Phi) is 2.72. The van der Waals surface area contributed by atoms with Crippen molar-refractivity contribution in [2.75, 3.05) is 14.1 Å². The summed E-state index contributed by atoms with van der Waals surface area (Å²) in [6.07, 6.45) is 4.86. The van der Waals surface area contributed by atoms with Crippen LogP contribution in [0.5, 0.6) is 5.75 Å². The fourth-order valence-corrected chi connectivity index (χ4v) is 4.91. The lowest BCUT2D eigenvalue weighted by molar-refractivity contribution is 0.0210. The van der Waals surface area contributed by atoms with Gasteiger partial charge in [0, 0.05) is 6.04 Å². The van der Waals surface area contributed by atoms with E-state index in [1.807, 2.05) is 12.1 Å². The van der Waals surface area contributed by atoms with Gasteiger partial charge in [0.25, 0.3) is 0 Å². The highest BCUT2D eigenvalue weighted by Gasteiger charge is 2.50. The van der Waals surface area contributed by atoms with Crippen LogP contribution in [0.1, 0.15) is 44.2 Å². The Hall–Kier alpha value is -1.02.